The van der Waals surface area contributed by atoms with Gasteiger partial charge in [0, 0.05) is 15.6 Å². The van der Waals surface area contributed by atoms with Crippen molar-refractivity contribution in [1.82, 2.24) is 5.43 Å². The molecule has 0 heterocycles. The van der Waals surface area contributed by atoms with Crippen LogP contribution in [0.3, 0.4) is 0 Å². The van der Waals surface area contributed by atoms with Crippen LogP contribution in [0.4, 0.5) is 0 Å². The van der Waals surface area contributed by atoms with Crippen molar-refractivity contribution in [1.29, 1.82) is 0 Å². The van der Waals surface area contributed by atoms with Gasteiger partial charge in [0.05, 0.1) is 13.3 Å². The summed E-state index contributed by atoms with van der Waals surface area (Å²) in [7, 11) is 1.57. The van der Waals surface area contributed by atoms with Crippen LogP contribution < -0.4 is 20.6 Å². The zero-order valence-electron chi connectivity index (χ0n) is 12.8. The molecule has 0 aliphatic rings. The van der Waals surface area contributed by atoms with Gasteiger partial charge >= 0.3 is 0 Å². The molecule has 2 rings (SSSR count). The molecule has 8 heteroatoms. The molecule has 0 amide bonds. The SMILES string of the molecule is COc1ccc(/C=N/NC(N)=S)cc1OCc1ccc(Cl)cc1Cl. The lowest BCUT2D eigenvalue weighted by atomic mass is 10.2. The summed E-state index contributed by atoms with van der Waals surface area (Å²) in [5.41, 5.74) is 9.40. The molecule has 0 atom stereocenters. The lowest BCUT2D eigenvalue weighted by molar-refractivity contribution is 0.284. The third-order valence-electron chi connectivity index (χ3n) is 2.97. The second-order valence-corrected chi connectivity index (χ2v) is 5.95. The standard InChI is InChI=1S/C16H15Cl2N3O2S/c1-22-14-5-2-10(8-20-21-16(19)24)6-15(14)23-9-11-3-4-12(17)7-13(11)18/h2-8H,9H2,1H3,(H3,19,21,24)/b20-8+. The molecule has 0 radical (unpaired) electrons. The first-order valence-electron chi connectivity index (χ1n) is 6.83. The first kappa shape index (κ1) is 18.3. The number of nitrogens with one attached hydrogen (secondary N) is 1. The number of hydrazone groups is 1. The highest BCUT2D eigenvalue weighted by Gasteiger charge is 2.08. The number of hydrogen-bond acceptors (Lipinski definition) is 4. The van der Waals surface area contributed by atoms with Gasteiger partial charge in [-0.2, -0.15) is 5.10 Å². The maximum atomic E-state index is 6.15. The van der Waals surface area contributed by atoms with E-state index >= 15 is 0 Å². The van der Waals surface area contributed by atoms with Gasteiger partial charge in [0.15, 0.2) is 16.6 Å². The van der Waals surface area contributed by atoms with Crippen molar-refractivity contribution in [3.05, 3.63) is 57.6 Å². The highest BCUT2D eigenvalue weighted by molar-refractivity contribution is 7.80. The fraction of sp³-hybridized carbons (Fsp3) is 0.125. The second kappa shape index (κ2) is 8.73. The minimum Gasteiger partial charge on any atom is -0.493 e. The zero-order chi connectivity index (χ0) is 17.5. The Morgan fingerprint density at radius 3 is 2.71 bits per heavy atom. The Bertz CT molecular complexity index is 769. The Labute approximate surface area is 155 Å². The van der Waals surface area contributed by atoms with Crippen molar-refractivity contribution in [2.24, 2.45) is 10.8 Å². The molecule has 3 N–H and O–H groups in total. The predicted molar refractivity (Wildman–Crippen MR) is 101 cm³/mol. The zero-order valence-corrected chi connectivity index (χ0v) is 15.1. The summed E-state index contributed by atoms with van der Waals surface area (Å²) in [6.07, 6.45) is 1.57. The van der Waals surface area contributed by atoms with Crippen molar-refractivity contribution in [3.8, 4) is 11.5 Å². The summed E-state index contributed by atoms with van der Waals surface area (Å²) in [4.78, 5) is 0. The van der Waals surface area contributed by atoms with Crippen LogP contribution >= 0.6 is 35.4 Å². The van der Waals surface area contributed by atoms with E-state index in [2.05, 4.69) is 22.7 Å². The fourth-order valence-corrected chi connectivity index (χ4v) is 2.37. The van der Waals surface area contributed by atoms with E-state index in [9.17, 15) is 0 Å². The molecule has 0 unspecified atom stereocenters. The Morgan fingerprint density at radius 1 is 1.25 bits per heavy atom. The summed E-state index contributed by atoms with van der Waals surface area (Å²) < 4.78 is 11.1. The van der Waals surface area contributed by atoms with Crippen LogP contribution in [0, 0.1) is 0 Å². The number of rotatable bonds is 6. The molecule has 0 aliphatic heterocycles. The molecule has 0 bridgehead atoms. The highest BCUT2D eigenvalue weighted by atomic mass is 35.5. The van der Waals surface area contributed by atoms with E-state index in [1.54, 1.807) is 37.6 Å². The van der Waals surface area contributed by atoms with Gasteiger partial charge in [0.2, 0.25) is 0 Å². The monoisotopic (exact) mass is 383 g/mol. The average molecular weight is 384 g/mol. The van der Waals surface area contributed by atoms with E-state index in [0.29, 0.717) is 21.5 Å². The lowest BCUT2D eigenvalue weighted by Gasteiger charge is -2.12. The molecule has 126 valence electrons. The number of nitrogens with zero attached hydrogens (tertiary/aromatic N) is 1. The molecule has 0 fully saturated rings. The van der Waals surface area contributed by atoms with E-state index in [1.165, 1.54) is 0 Å². The van der Waals surface area contributed by atoms with Crippen LogP contribution in [0.5, 0.6) is 11.5 Å². The molecular formula is C16H15Cl2N3O2S. The summed E-state index contributed by atoms with van der Waals surface area (Å²) in [6.45, 7) is 0.276. The maximum absolute atomic E-state index is 6.15. The van der Waals surface area contributed by atoms with E-state index in [-0.39, 0.29) is 11.7 Å². The maximum Gasteiger partial charge on any atom is 0.184 e. The van der Waals surface area contributed by atoms with Crippen molar-refractivity contribution < 1.29 is 9.47 Å². The summed E-state index contributed by atoms with van der Waals surface area (Å²) in [5, 5.41) is 5.11. The van der Waals surface area contributed by atoms with Crippen LogP contribution in [-0.4, -0.2) is 18.4 Å². The van der Waals surface area contributed by atoms with Crippen LogP contribution in [0.15, 0.2) is 41.5 Å². The lowest BCUT2D eigenvalue weighted by Crippen LogP contribution is -2.23. The molecule has 5 nitrogen and oxygen atoms in total. The van der Waals surface area contributed by atoms with Gasteiger partial charge in [-0.15, -0.1) is 0 Å². The molecule has 2 aromatic rings. The highest BCUT2D eigenvalue weighted by Crippen LogP contribution is 2.29. The van der Waals surface area contributed by atoms with E-state index < -0.39 is 0 Å². The topological polar surface area (TPSA) is 68.9 Å². The van der Waals surface area contributed by atoms with Gasteiger partial charge in [-0.3, -0.25) is 5.43 Å². The van der Waals surface area contributed by atoms with Crippen LogP contribution in [0.2, 0.25) is 10.0 Å². The summed E-state index contributed by atoms with van der Waals surface area (Å²) in [5.74, 6) is 1.15. The van der Waals surface area contributed by atoms with E-state index in [1.807, 2.05) is 12.1 Å². The number of halogens is 2. The quantitative estimate of drug-likeness (QED) is 0.451. The third-order valence-corrected chi connectivity index (χ3v) is 3.65. The molecule has 0 saturated heterocycles. The summed E-state index contributed by atoms with van der Waals surface area (Å²) in [6, 6.07) is 10.6. The fourth-order valence-electron chi connectivity index (χ4n) is 1.85. The average Bonchev–Trinajstić information content (AvgIpc) is 2.54. The van der Waals surface area contributed by atoms with Gasteiger partial charge in [0.1, 0.15) is 6.61 Å². The number of nitrogens with two attached hydrogens (primary N) is 1. The van der Waals surface area contributed by atoms with Crippen molar-refractivity contribution >= 4 is 46.7 Å². The molecule has 24 heavy (non-hydrogen) atoms. The number of methoxy groups -OCH3 is 1. The first-order valence-corrected chi connectivity index (χ1v) is 7.99. The molecule has 0 saturated carbocycles. The Kier molecular flexibility index (Phi) is 6.66. The van der Waals surface area contributed by atoms with Crippen LogP contribution in [0.25, 0.3) is 0 Å². The molecular weight excluding hydrogens is 369 g/mol. The number of thiocarbonyl (C=S) groups is 1. The Hall–Kier alpha value is -2.02. The Balaban J connectivity index is 2.15. The largest absolute Gasteiger partial charge is 0.493 e. The minimum atomic E-state index is 0.0913. The molecule has 0 aliphatic carbocycles. The molecule has 0 spiro atoms. The van der Waals surface area contributed by atoms with Gasteiger partial charge in [-0.25, -0.2) is 0 Å². The minimum absolute atomic E-state index is 0.0913. The van der Waals surface area contributed by atoms with E-state index in [4.69, 9.17) is 38.4 Å². The number of hydrogen-bond donors (Lipinski definition) is 2. The van der Waals surface area contributed by atoms with Gasteiger partial charge < -0.3 is 15.2 Å². The van der Waals surface area contributed by atoms with Crippen molar-refractivity contribution in [2.75, 3.05) is 7.11 Å². The van der Waals surface area contributed by atoms with Crippen LogP contribution in [0.1, 0.15) is 11.1 Å². The molecule has 0 aromatic heterocycles. The normalized spacial score (nSPS) is 10.6. The van der Waals surface area contributed by atoms with Gasteiger partial charge in [0.25, 0.3) is 0 Å². The van der Waals surface area contributed by atoms with Crippen molar-refractivity contribution in [2.45, 2.75) is 6.61 Å². The third kappa shape index (κ3) is 5.26. The molecule has 2 aromatic carbocycles. The van der Waals surface area contributed by atoms with Gasteiger partial charge in [-0.1, -0.05) is 29.3 Å². The van der Waals surface area contributed by atoms with Crippen LogP contribution in [-0.2, 0) is 6.61 Å². The summed E-state index contributed by atoms with van der Waals surface area (Å²) >= 11 is 16.7. The first-order chi connectivity index (χ1) is 11.5. The van der Waals surface area contributed by atoms with Crippen molar-refractivity contribution in [3.63, 3.8) is 0 Å². The van der Waals surface area contributed by atoms with Gasteiger partial charge in [-0.05, 0) is 48.1 Å². The Morgan fingerprint density at radius 2 is 2.04 bits per heavy atom. The number of benzene rings is 2. The van der Waals surface area contributed by atoms with E-state index in [0.717, 1.165) is 11.1 Å². The predicted octanol–water partition coefficient (Wildman–Crippen LogP) is 3.75. The second-order valence-electron chi connectivity index (χ2n) is 4.67. The number of ether oxygens (including phenoxy) is 2. The smallest absolute Gasteiger partial charge is 0.184 e.